The van der Waals surface area contributed by atoms with Crippen molar-refractivity contribution >= 4 is 23.2 Å². The Bertz CT molecular complexity index is 391. The second-order valence-electron chi connectivity index (χ2n) is 4.53. The van der Waals surface area contributed by atoms with Gasteiger partial charge in [0.25, 0.3) is 0 Å². The number of halogens is 1. The number of anilines is 1. The van der Waals surface area contributed by atoms with Crippen molar-refractivity contribution in [2.45, 2.75) is 20.8 Å². The van der Waals surface area contributed by atoms with Crippen molar-refractivity contribution in [2.24, 2.45) is 5.92 Å². The molecule has 0 aliphatic carbocycles. The summed E-state index contributed by atoms with van der Waals surface area (Å²) >= 11 is 6.05. The van der Waals surface area contributed by atoms with Gasteiger partial charge in [0.2, 0.25) is 5.91 Å². The number of nitrogens with one attached hydrogen (secondary N) is 2. The van der Waals surface area contributed by atoms with Gasteiger partial charge in [-0.1, -0.05) is 31.5 Å². The first kappa shape index (κ1) is 13.8. The molecule has 94 valence electrons. The van der Waals surface area contributed by atoms with Crippen LogP contribution < -0.4 is 10.6 Å². The highest BCUT2D eigenvalue weighted by Crippen LogP contribution is 2.22. The average Bonchev–Trinajstić information content (AvgIpc) is 2.25. The topological polar surface area (TPSA) is 41.1 Å². The van der Waals surface area contributed by atoms with Crippen LogP contribution in [0.15, 0.2) is 18.2 Å². The van der Waals surface area contributed by atoms with E-state index in [1.54, 1.807) is 0 Å². The minimum Gasteiger partial charge on any atom is -0.375 e. The van der Waals surface area contributed by atoms with Crippen LogP contribution in [0.4, 0.5) is 5.69 Å². The molecule has 0 atom stereocenters. The van der Waals surface area contributed by atoms with Gasteiger partial charge in [0.15, 0.2) is 0 Å². The third kappa shape index (κ3) is 5.09. The Labute approximate surface area is 108 Å². The van der Waals surface area contributed by atoms with Crippen molar-refractivity contribution in [3.8, 4) is 0 Å². The normalized spacial score (nSPS) is 10.4. The van der Waals surface area contributed by atoms with Gasteiger partial charge in [0.05, 0.1) is 17.3 Å². The van der Waals surface area contributed by atoms with Gasteiger partial charge in [-0.2, -0.15) is 0 Å². The molecule has 1 aromatic carbocycles. The van der Waals surface area contributed by atoms with Gasteiger partial charge in [-0.05, 0) is 30.5 Å². The summed E-state index contributed by atoms with van der Waals surface area (Å²) in [6.45, 7) is 7.04. The van der Waals surface area contributed by atoms with Gasteiger partial charge < -0.3 is 10.6 Å². The van der Waals surface area contributed by atoms with Gasteiger partial charge in [-0.3, -0.25) is 4.79 Å². The first-order valence-electron chi connectivity index (χ1n) is 5.75. The largest absolute Gasteiger partial charge is 0.375 e. The molecular weight excluding hydrogens is 236 g/mol. The highest BCUT2D eigenvalue weighted by molar-refractivity contribution is 6.33. The zero-order valence-corrected chi connectivity index (χ0v) is 11.3. The number of benzene rings is 1. The Morgan fingerprint density at radius 3 is 2.71 bits per heavy atom. The smallest absolute Gasteiger partial charge is 0.239 e. The monoisotopic (exact) mass is 254 g/mol. The molecule has 0 radical (unpaired) electrons. The Kier molecular flexibility index (Phi) is 5.29. The maximum atomic E-state index is 11.5. The number of aryl methyl sites for hydroxylation is 1. The number of carbonyl (C=O) groups is 1. The minimum absolute atomic E-state index is 0.0182. The molecule has 0 aliphatic rings. The minimum atomic E-state index is -0.0182. The van der Waals surface area contributed by atoms with Crippen LogP contribution in [0.1, 0.15) is 19.4 Å². The molecule has 4 heteroatoms. The Balaban J connectivity index is 2.42. The summed E-state index contributed by atoms with van der Waals surface area (Å²) in [5.41, 5.74) is 1.89. The fourth-order valence-electron chi connectivity index (χ4n) is 1.32. The number of hydrogen-bond acceptors (Lipinski definition) is 2. The zero-order valence-electron chi connectivity index (χ0n) is 10.5. The van der Waals surface area contributed by atoms with E-state index in [9.17, 15) is 4.79 Å². The summed E-state index contributed by atoms with van der Waals surface area (Å²) in [7, 11) is 0. The van der Waals surface area contributed by atoms with Crippen molar-refractivity contribution in [1.29, 1.82) is 0 Å². The van der Waals surface area contributed by atoms with Gasteiger partial charge in [-0.15, -0.1) is 0 Å². The Morgan fingerprint density at radius 1 is 1.41 bits per heavy atom. The number of amides is 1. The van der Waals surface area contributed by atoms with E-state index in [0.717, 1.165) is 11.3 Å². The molecule has 0 spiro atoms. The van der Waals surface area contributed by atoms with E-state index >= 15 is 0 Å². The number of hydrogen-bond donors (Lipinski definition) is 2. The van der Waals surface area contributed by atoms with E-state index in [4.69, 9.17) is 11.6 Å². The molecule has 0 unspecified atom stereocenters. The highest BCUT2D eigenvalue weighted by atomic mass is 35.5. The van der Waals surface area contributed by atoms with E-state index in [-0.39, 0.29) is 12.5 Å². The maximum absolute atomic E-state index is 11.5. The van der Waals surface area contributed by atoms with Crippen LogP contribution >= 0.6 is 11.6 Å². The molecule has 3 nitrogen and oxygen atoms in total. The first-order chi connectivity index (χ1) is 7.99. The van der Waals surface area contributed by atoms with Crippen molar-refractivity contribution in [3.63, 3.8) is 0 Å². The molecule has 0 heterocycles. The van der Waals surface area contributed by atoms with E-state index < -0.39 is 0 Å². The maximum Gasteiger partial charge on any atom is 0.239 e. The van der Waals surface area contributed by atoms with Crippen LogP contribution in [0.25, 0.3) is 0 Å². The molecule has 0 fully saturated rings. The Morgan fingerprint density at radius 2 is 2.12 bits per heavy atom. The summed E-state index contributed by atoms with van der Waals surface area (Å²) < 4.78 is 0. The second-order valence-corrected chi connectivity index (χ2v) is 4.94. The lowest BCUT2D eigenvalue weighted by atomic mass is 10.2. The van der Waals surface area contributed by atoms with Crippen LogP contribution in [0.2, 0.25) is 5.02 Å². The summed E-state index contributed by atoms with van der Waals surface area (Å²) in [5.74, 6) is 0.442. The fourth-order valence-corrected chi connectivity index (χ4v) is 1.62. The average molecular weight is 255 g/mol. The lowest BCUT2D eigenvalue weighted by Gasteiger charge is -2.10. The van der Waals surface area contributed by atoms with E-state index in [0.29, 0.717) is 17.5 Å². The highest BCUT2D eigenvalue weighted by Gasteiger charge is 2.04. The van der Waals surface area contributed by atoms with Gasteiger partial charge >= 0.3 is 0 Å². The van der Waals surface area contributed by atoms with Crippen molar-refractivity contribution in [1.82, 2.24) is 5.32 Å². The standard InChI is InChI=1S/C13H19ClN2O/c1-9(2)7-16-13(17)8-15-12-5-4-10(3)6-11(12)14/h4-6,9,15H,7-8H2,1-3H3,(H,16,17). The fraction of sp³-hybridized carbons (Fsp3) is 0.462. The lowest BCUT2D eigenvalue weighted by molar-refractivity contribution is -0.119. The van der Waals surface area contributed by atoms with Crippen LogP contribution in [0.5, 0.6) is 0 Å². The van der Waals surface area contributed by atoms with Crippen LogP contribution in [0.3, 0.4) is 0 Å². The quantitative estimate of drug-likeness (QED) is 0.848. The number of rotatable bonds is 5. The molecule has 2 N–H and O–H groups in total. The SMILES string of the molecule is Cc1ccc(NCC(=O)NCC(C)C)c(Cl)c1. The van der Waals surface area contributed by atoms with Crippen LogP contribution in [0, 0.1) is 12.8 Å². The third-order valence-electron chi connectivity index (χ3n) is 2.27. The molecule has 17 heavy (non-hydrogen) atoms. The summed E-state index contributed by atoms with van der Waals surface area (Å²) in [4.78, 5) is 11.5. The van der Waals surface area contributed by atoms with E-state index in [2.05, 4.69) is 24.5 Å². The molecule has 0 aromatic heterocycles. The van der Waals surface area contributed by atoms with Crippen molar-refractivity contribution in [2.75, 3.05) is 18.4 Å². The van der Waals surface area contributed by atoms with Crippen LogP contribution in [-0.2, 0) is 4.79 Å². The molecule has 0 saturated heterocycles. The van der Waals surface area contributed by atoms with Gasteiger partial charge in [0, 0.05) is 6.54 Å². The third-order valence-corrected chi connectivity index (χ3v) is 2.58. The molecule has 1 aromatic rings. The predicted molar refractivity (Wildman–Crippen MR) is 72.5 cm³/mol. The van der Waals surface area contributed by atoms with Gasteiger partial charge in [0.1, 0.15) is 0 Å². The van der Waals surface area contributed by atoms with E-state index in [1.165, 1.54) is 0 Å². The van der Waals surface area contributed by atoms with Crippen molar-refractivity contribution < 1.29 is 4.79 Å². The summed E-state index contributed by atoms with van der Waals surface area (Å²) in [5, 5.41) is 6.50. The van der Waals surface area contributed by atoms with E-state index in [1.807, 2.05) is 25.1 Å². The molecule has 0 aliphatic heterocycles. The number of carbonyl (C=O) groups excluding carboxylic acids is 1. The molecular formula is C13H19ClN2O. The second kappa shape index (κ2) is 6.50. The zero-order chi connectivity index (χ0) is 12.8. The van der Waals surface area contributed by atoms with Crippen LogP contribution in [-0.4, -0.2) is 19.0 Å². The van der Waals surface area contributed by atoms with Crippen molar-refractivity contribution in [3.05, 3.63) is 28.8 Å². The first-order valence-corrected chi connectivity index (χ1v) is 6.13. The Hall–Kier alpha value is -1.22. The molecule has 0 saturated carbocycles. The molecule has 0 bridgehead atoms. The molecule has 1 rings (SSSR count). The lowest BCUT2D eigenvalue weighted by Crippen LogP contribution is -2.32. The summed E-state index contributed by atoms with van der Waals surface area (Å²) in [6, 6.07) is 5.71. The van der Waals surface area contributed by atoms with Gasteiger partial charge in [-0.25, -0.2) is 0 Å². The molecule has 1 amide bonds. The summed E-state index contributed by atoms with van der Waals surface area (Å²) in [6.07, 6.45) is 0. The predicted octanol–water partition coefficient (Wildman–Crippen LogP) is 2.83.